The number of quaternary nitrogens is 1. The van der Waals surface area contributed by atoms with Gasteiger partial charge in [-0.15, -0.1) is 5.10 Å². The van der Waals surface area contributed by atoms with Crippen LogP contribution < -0.4 is 14.4 Å². The van der Waals surface area contributed by atoms with Gasteiger partial charge in [-0.05, 0) is 44.1 Å². The third-order valence-corrected chi connectivity index (χ3v) is 5.11. The van der Waals surface area contributed by atoms with Gasteiger partial charge in [0.1, 0.15) is 17.4 Å². The third-order valence-electron chi connectivity index (χ3n) is 4.82. The van der Waals surface area contributed by atoms with E-state index in [9.17, 15) is 4.79 Å². The standard InChI is InChI=1S/C19H25N3O5S/c1-4-26-18(23)13-6-5-7-21(11-13)12-22-19(28)27-17(20-22)14-8-15(24-2)10-16(9-14)25-3/h8-10,13H,4-7,11-12H2,1-3H3/p+1/t13-/m0/s1. The summed E-state index contributed by atoms with van der Waals surface area (Å²) in [7, 11) is 3.18. The highest BCUT2D eigenvalue weighted by Crippen LogP contribution is 2.28. The number of esters is 1. The van der Waals surface area contributed by atoms with Gasteiger partial charge < -0.3 is 23.5 Å². The Kier molecular flexibility index (Phi) is 6.69. The van der Waals surface area contributed by atoms with Gasteiger partial charge in [0.2, 0.25) is 5.89 Å². The fourth-order valence-corrected chi connectivity index (χ4v) is 3.61. The zero-order valence-electron chi connectivity index (χ0n) is 16.4. The monoisotopic (exact) mass is 408 g/mol. The van der Waals surface area contributed by atoms with Gasteiger partial charge in [-0.2, -0.15) is 4.68 Å². The molecule has 152 valence electrons. The molecule has 1 aromatic carbocycles. The van der Waals surface area contributed by atoms with Gasteiger partial charge >= 0.3 is 5.97 Å². The number of rotatable bonds is 7. The maximum Gasteiger partial charge on any atom is 0.314 e. The minimum Gasteiger partial charge on any atom is -0.497 e. The number of ether oxygens (including phenoxy) is 3. The normalized spacial score (nSPS) is 19.2. The average molecular weight is 409 g/mol. The van der Waals surface area contributed by atoms with Crippen LogP contribution in [0.1, 0.15) is 19.8 Å². The molecule has 9 heteroatoms. The van der Waals surface area contributed by atoms with Crippen LogP contribution in [0.15, 0.2) is 22.6 Å². The van der Waals surface area contributed by atoms with E-state index in [4.69, 9.17) is 30.8 Å². The maximum atomic E-state index is 12.1. The van der Waals surface area contributed by atoms with Crippen LogP contribution in [-0.4, -0.2) is 49.7 Å². The summed E-state index contributed by atoms with van der Waals surface area (Å²) in [4.78, 5) is 13.6. The Morgan fingerprint density at radius 2 is 2.04 bits per heavy atom. The van der Waals surface area contributed by atoms with Crippen LogP contribution >= 0.6 is 12.2 Å². The largest absolute Gasteiger partial charge is 0.497 e. The quantitative estimate of drug-likeness (QED) is 0.552. The highest BCUT2D eigenvalue weighted by atomic mass is 32.1. The van der Waals surface area contributed by atoms with Gasteiger partial charge in [0, 0.05) is 11.6 Å². The average Bonchev–Trinajstić information content (AvgIpc) is 3.08. The molecular weight excluding hydrogens is 382 g/mol. The number of nitrogens with zero attached hydrogens (tertiary/aromatic N) is 2. The molecule has 2 heterocycles. The van der Waals surface area contributed by atoms with E-state index in [1.807, 2.05) is 19.1 Å². The van der Waals surface area contributed by atoms with Crippen LogP contribution in [0.2, 0.25) is 0 Å². The number of hydrogen-bond acceptors (Lipinski definition) is 7. The lowest BCUT2D eigenvalue weighted by molar-refractivity contribution is -0.930. The van der Waals surface area contributed by atoms with Crippen molar-refractivity contribution in [1.82, 2.24) is 9.78 Å². The Morgan fingerprint density at radius 3 is 2.68 bits per heavy atom. The van der Waals surface area contributed by atoms with Gasteiger partial charge in [0.15, 0.2) is 6.67 Å². The van der Waals surface area contributed by atoms with Crippen molar-refractivity contribution in [2.45, 2.75) is 26.4 Å². The van der Waals surface area contributed by atoms with Crippen molar-refractivity contribution >= 4 is 18.2 Å². The fourth-order valence-electron chi connectivity index (χ4n) is 3.42. The molecule has 8 nitrogen and oxygen atoms in total. The molecule has 1 N–H and O–H groups in total. The number of carbonyl (C=O) groups is 1. The molecule has 0 bridgehead atoms. The molecule has 28 heavy (non-hydrogen) atoms. The van der Waals surface area contributed by atoms with Crippen LogP contribution in [0.25, 0.3) is 11.5 Å². The lowest BCUT2D eigenvalue weighted by Gasteiger charge is -2.28. The van der Waals surface area contributed by atoms with E-state index in [1.54, 1.807) is 25.0 Å². The topological polar surface area (TPSA) is 80.2 Å². The van der Waals surface area contributed by atoms with Crippen LogP contribution in [0.5, 0.6) is 11.5 Å². The molecule has 1 aliphatic heterocycles. The Bertz CT molecular complexity index is 856. The number of methoxy groups -OCH3 is 2. The summed E-state index contributed by atoms with van der Waals surface area (Å²) in [5.74, 6) is 1.49. The first-order valence-electron chi connectivity index (χ1n) is 9.35. The summed E-state index contributed by atoms with van der Waals surface area (Å²) in [6.45, 7) is 4.43. The van der Waals surface area contributed by atoms with E-state index in [1.165, 1.54) is 4.90 Å². The predicted octanol–water partition coefficient (Wildman–Crippen LogP) is 1.71. The Labute approximate surface area is 169 Å². The number of nitrogens with one attached hydrogen (secondary N) is 1. The van der Waals surface area contributed by atoms with Crippen LogP contribution in [-0.2, 0) is 16.2 Å². The van der Waals surface area contributed by atoms with Crippen molar-refractivity contribution in [2.24, 2.45) is 5.92 Å². The molecule has 0 radical (unpaired) electrons. The van der Waals surface area contributed by atoms with Gasteiger partial charge in [0.05, 0.1) is 33.9 Å². The van der Waals surface area contributed by atoms with E-state index in [0.717, 1.165) is 24.9 Å². The van der Waals surface area contributed by atoms with Crippen molar-refractivity contribution in [2.75, 3.05) is 33.9 Å². The van der Waals surface area contributed by atoms with Crippen molar-refractivity contribution in [3.63, 3.8) is 0 Å². The minimum absolute atomic E-state index is 0.0770. The molecule has 1 unspecified atom stereocenters. The van der Waals surface area contributed by atoms with Crippen LogP contribution in [0.4, 0.5) is 0 Å². The summed E-state index contributed by atoms with van der Waals surface area (Å²) in [5, 5.41) is 4.53. The highest BCUT2D eigenvalue weighted by Gasteiger charge is 2.30. The van der Waals surface area contributed by atoms with Crippen molar-refractivity contribution in [1.29, 1.82) is 0 Å². The predicted molar refractivity (Wildman–Crippen MR) is 104 cm³/mol. The molecule has 2 aromatic rings. The number of likely N-dealkylation sites (tertiary alicyclic amines) is 1. The molecule has 1 saturated heterocycles. The molecule has 3 rings (SSSR count). The Balaban J connectivity index is 1.76. The van der Waals surface area contributed by atoms with E-state index in [-0.39, 0.29) is 11.9 Å². The van der Waals surface area contributed by atoms with Crippen molar-refractivity contribution in [3.05, 3.63) is 23.0 Å². The second kappa shape index (κ2) is 9.20. The van der Waals surface area contributed by atoms with Crippen LogP contribution in [0, 0.1) is 10.8 Å². The zero-order chi connectivity index (χ0) is 20.1. The zero-order valence-corrected chi connectivity index (χ0v) is 17.2. The molecule has 0 aliphatic carbocycles. The fraction of sp³-hybridized carbons (Fsp3) is 0.526. The number of piperidine rings is 1. The van der Waals surface area contributed by atoms with E-state index < -0.39 is 0 Å². The summed E-state index contributed by atoms with van der Waals surface area (Å²) < 4.78 is 23.1. The number of benzene rings is 1. The SMILES string of the molecule is CCOC(=O)[C@H]1CCC[NH+](Cn2nc(-c3cc(OC)cc(OC)c3)oc2=S)C1. The second-order valence-electron chi connectivity index (χ2n) is 6.73. The Morgan fingerprint density at radius 1 is 1.32 bits per heavy atom. The maximum absolute atomic E-state index is 12.1. The molecule has 2 atom stereocenters. The van der Waals surface area contributed by atoms with E-state index in [2.05, 4.69) is 5.10 Å². The summed E-state index contributed by atoms with van der Waals surface area (Å²) in [5.41, 5.74) is 0.721. The van der Waals surface area contributed by atoms with E-state index >= 15 is 0 Å². The molecule has 0 spiro atoms. The van der Waals surface area contributed by atoms with Gasteiger partial charge in [-0.1, -0.05) is 0 Å². The molecule has 0 amide bonds. The van der Waals surface area contributed by atoms with Gasteiger partial charge in [0.25, 0.3) is 4.84 Å². The Hall–Kier alpha value is -2.39. The summed E-state index contributed by atoms with van der Waals surface area (Å²) >= 11 is 5.35. The van der Waals surface area contributed by atoms with Gasteiger partial charge in [-0.25, -0.2) is 0 Å². The number of aromatic nitrogens is 2. The first-order valence-corrected chi connectivity index (χ1v) is 9.76. The third kappa shape index (κ3) is 4.71. The smallest absolute Gasteiger partial charge is 0.314 e. The minimum atomic E-state index is -0.118. The summed E-state index contributed by atoms with van der Waals surface area (Å²) in [6.07, 6.45) is 1.82. The lowest BCUT2D eigenvalue weighted by atomic mass is 9.99. The summed E-state index contributed by atoms with van der Waals surface area (Å²) in [6, 6.07) is 5.42. The molecule has 1 aromatic heterocycles. The van der Waals surface area contributed by atoms with E-state index in [0.29, 0.717) is 42.0 Å². The number of carbonyl (C=O) groups excluding carboxylic acids is 1. The molecular formula is C19H26N3O5S+. The molecule has 0 saturated carbocycles. The van der Waals surface area contributed by atoms with Crippen LogP contribution in [0.3, 0.4) is 0 Å². The first-order chi connectivity index (χ1) is 13.5. The van der Waals surface area contributed by atoms with Crippen molar-refractivity contribution in [3.8, 4) is 23.0 Å². The van der Waals surface area contributed by atoms with Crippen molar-refractivity contribution < 1.29 is 28.3 Å². The number of hydrogen-bond donors (Lipinski definition) is 1. The second-order valence-corrected chi connectivity index (χ2v) is 7.08. The molecule has 1 aliphatic rings. The molecule has 1 fully saturated rings. The first kappa shape index (κ1) is 20.3. The van der Waals surface area contributed by atoms with Gasteiger partial charge in [-0.3, -0.25) is 4.79 Å². The lowest BCUT2D eigenvalue weighted by Crippen LogP contribution is -3.13. The highest BCUT2D eigenvalue weighted by molar-refractivity contribution is 7.71.